The summed E-state index contributed by atoms with van der Waals surface area (Å²) in [5.41, 5.74) is 0. The highest BCUT2D eigenvalue weighted by molar-refractivity contribution is 5.66. The molecule has 0 radical (unpaired) electrons. The van der Waals surface area contributed by atoms with E-state index in [2.05, 4.69) is 11.5 Å². The number of carboxylic acid groups (broad SMARTS) is 1. The summed E-state index contributed by atoms with van der Waals surface area (Å²) in [5, 5.41) is 8.48. The fourth-order valence-corrected chi connectivity index (χ4v) is 1.89. The third kappa shape index (κ3) is 5.28. The van der Waals surface area contributed by atoms with Crippen molar-refractivity contribution in [3.63, 3.8) is 0 Å². The van der Waals surface area contributed by atoms with Crippen molar-refractivity contribution in [1.29, 1.82) is 0 Å². The molecule has 1 heterocycles. The molecule has 0 unspecified atom stereocenters. The number of ether oxygens (including phenoxy) is 1. The van der Waals surface area contributed by atoms with Gasteiger partial charge in [0.2, 0.25) is 0 Å². The summed E-state index contributed by atoms with van der Waals surface area (Å²) in [4.78, 5) is 12.7. The number of hydrogen-bond donors (Lipinski definition) is 1. The molecule has 0 amide bonds. The standard InChI is InChI=1S/C12H21NO3/c1-2-3-7-13-8-4-11(5-9-13)16-10-6-12(14)15/h2,11H,1,3-10H2,(H,14,15). The van der Waals surface area contributed by atoms with Gasteiger partial charge in [-0.3, -0.25) is 4.79 Å². The second-order valence-electron chi connectivity index (χ2n) is 4.13. The van der Waals surface area contributed by atoms with Crippen LogP contribution in [0.15, 0.2) is 12.7 Å². The van der Waals surface area contributed by atoms with Crippen LogP contribution in [0.25, 0.3) is 0 Å². The van der Waals surface area contributed by atoms with Gasteiger partial charge in [-0.1, -0.05) is 6.08 Å². The fourth-order valence-electron chi connectivity index (χ4n) is 1.89. The Bertz CT molecular complexity index is 222. The number of rotatable bonds is 7. The highest BCUT2D eigenvalue weighted by atomic mass is 16.5. The summed E-state index contributed by atoms with van der Waals surface area (Å²) in [6.07, 6.45) is 5.35. The molecule has 16 heavy (non-hydrogen) atoms. The molecule has 1 rings (SSSR count). The van der Waals surface area contributed by atoms with Crippen molar-refractivity contribution in [1.82, 2.24) is 4.90 Å². The normalized spacial score (nSPS) is 18.5. The zero-order valence-corrected chi connectivity index (χ0v) is 9.73. The van der Waals surface area contributed by atoms with Crippen molar-refractivity contribution < 1.29 is 14.6 Å². The summed E-state index contributed by atoms with van der Waals surface area (Å²) >= 11 is 0. The van der Waals surface area contributed by atoms with Gasteiger partial charge in [-0.2, -0.15) is 0 Å². The largest absolute Gasteiger partial charge is 0.481 e. The smallest absolute Gasteiger partial charge is 0.305 e. The van der Waals surface area contributed by atoms with Gasteiger partial charge in [0.25, 0.3) is 0 Å². The molecular formula is C12H21NO3. The second-order valence-corrected chi connectivity index (χ2v) is 4.13. The molecule has 0 atom stereocenters. The van der Waals surface area contributed by atoms with E-state index < -0.39 is 5.97 Å². The Morgan fingerprint density at radius 2 is 2.19 bits per heavy atom. The highest BCUT2D eigenvalue weighted by Crippen LogP contribution is 2.14. The first kappa shape index (κ1) is 13.2. The molecule has 1 fully saturated rings. The van der Waals surface area contributed by atoms with Gasteiger partial charge in [0.1, 0.15) is 0 Å². The monoisotopic (exact) mass is 227 g/mol. The van der Waals surface area contributed by atoms with Gasteiger partial charge in [-0.25, -0.2) is 0 Å². The number of aliphatic carboxylic acids is 1. The van der Waals surface area contributed by atoms with Crippen LogP contribution >= 0.6 is 0 Å². The molecular weight excluding hydrogens is 206 g/mol. The number of likely N-dealkylation sites (tertiary alicyclic amines) is 1. The maximum Gasteiger partial charge on any atom is 0.305 e. The molecule has 0 aromatic carbocycles. The zero-order valence-electron chi connectivity index (χ0n) is 9.73. The van der Waals surface area contributed by atoms with Crippen LogP contribution in [-0.4, -0.2) is 48.3 Å². The third-order valence-electron chi connectivity index (χ3n) is 2.85. The van der Waals surface area contributed by atoms with Crippen molar-refractivity contribution in [3.05, 3.63) is 12.7 Å². The number of hydrogen-bond acceptors (Lipinski definition) is 3. The van der Waals surface area contributed by atoms with Gasteiger partial charge in [-0.15, -0.1) is 6.58 Å². The molecule has 0 aliphatic carbocycles. The maximum absolute atomic E-state index is 10.3. The molecule has 1 aliphatic rings. The van der Waals surface area contributed by atoms with Crippen LogP contribution in [0.1, 0.15) is 25.7 Å². The van der Waals surface area contributed by atoms with E-state index in [1.807, 2.05) is 6.08 Å². The van der Waals surface area contributed by atoms with E-state index in [9.17, 15) is 4.79 Å². The first-order valence-electron chi connectivity index (χ1n) is 5.89. The summed E-state index contributed by atoms with van der Waals surface area (Å²) in [6.45, 7) is 7.22. The first-order valence-corrected chi connectivity index (χ1v) is 5.89. The Morgan fingerprint density at radius 3 is 2.75 bits per heavy atom. The van der Waals surface area contributed by atoms with E-state index in [0.717, 1.165) is 38.9 Å². The van der Waals surface area contributed by atoms with Gasteiger partial charge in [0.15, 0.2) is 0 Å². The van der Waals surface area contributed by atoms with E-state index in [4.69, 9.17) is 9.84 Å². The summed E-state index contributed by atoms with van der Waals surface area (Å²) in [6, 6.07) is 0. The quantitative estimate of drug-likeness (QED) is 0.670. The minimum Gasteiger partial charge on any atom is -0.481 e. The van der Waals surface area contributed by atoms with Crippen LogP contribution in [0.4, 0.5) is 0 Å². The molecule has 0 saturated carbocycles. The maximum atomic E-state index is 10.3. The SMILES string of the molecule is C=CCCN1CCC(OCCC(=O)O)CC1. The summed E-state index contributed by atoms with van der Waals surface area (Å²) in [5.74, 6) is -0.789. The van der Waals surface area contributed by atoms with E-state index in [-0.39, 0.29) is 12.5 Å². The number of piperidine rings is 1. The molecule has 0 aromatic heterocycles. The molecule has 1 aliphatic heterocycles. The number of carboxylic acids is 1. The Morgan fingerprint density at radius 1 is 1.50 bits per heavy atom. The van der Waals surface area contributed by atoms with Crippen LogP contribution in [-0.2, 0) is 9.53 Å². The number of nitrogens with zero attached hydrogens (tertiary/aromatic N) is 1. The molecule has 4 heteroatoms. The average Bonchev–Trinajstić information content (AvgIpc) is 2.27. The fraction of sp³-hybridized carbons (Fsp3) is 0.750. The Hall–Kier alpha value is -0.870. The van der Waals surface area contributed by atoms with Gasteiger partial charge >= 0.3 is 5.97 Å². The van der Waals surface area contributed by atoms with Crippen molar-refractivity contribution in [2.75, 3.05) is 26.2 Å². The Labute approximate surface area is 96.9 Å². The van der Waals surface area contributed by atoms with Crippen LogP contribution in [0.3, 0.4) is 0 Å². The Balaban J connectivity index is 2.07. The molecule has 0 aromatic rings. The van der Waals surface area contributed by atoms with Crippen LogP contribution in [0.2, 0.25) is 0 Å². The van der Waals surface area contributed by atoms with E-state index in [1.54, 1.807) is 0 Å². The zero-order chi connectivity index (χ0) is 11.8. The second kappa shape index (κ2) is 7.41. The molecule has 0 bridgehead atoms. The molecule has 1 saturated heterocycles. The average molecular weight is 227 g/mol. The highest BCUT2D eigenvalue weighted by Gasteiger charge is 2.18. The van der Waals surface area contributed by atoms with Gasteiger partial charge in [0.05, 0.1) is 19.1 Å². The van der Waals surface area contributed by atoms with Gasteiger partial charge in [-0.05, 0) is 19.3 Å². The topological polar surface area (TPSA) is 49.8 Å². The van der Waals surface area contributed by atoms with Crippen molar-refractivity contribution in [2.24, 2.45) is 0 Å². The lowest BCUT2D eigenvalue weighted by Gasteiger charge is -2.31. The first-order chi connectivity index (χ1) is 7.72. The summed E-state index contributed by atoms with van der Waals surface area (Å²) < 4.78 is 5.52. The van der Waals surface area contributed by atoms with Crippen LogP contribution < -0.4 is 0 Å². The third-order valence-corrected chi connectivity index (χ3v) is 2.85. The van der Waals surface area contributed by atoms with E-state index >= 15 is 0 Å². The van der Waals surface area contributed by atoms with Crippen LogP contribution in [0.5, 0.6) is 0 Å². The summed E-state index contributed by atoms with van der Waals surface area (Å²) in [7, 11) is 0. The van der Waals surface area contributed by atoms with Crippen molar-refractivity contribution in [2.45, 2.75) is 31.8 Å². The number of carbonyl (C=O) groups is 1. The minimum absolute atomic E-state index is 0.108. The van der Waals surface area contributed by atoms with Crippen LogP contribution in [0, 0.1) is 0 Å². The van der Waals surface area contributed by atoms with E-state index in [0.29, 0.717) is 6.61 Å². The molecule has 4 nitrogen and oxygen atoms in total. The predicted octanol–water partition coefficient (Wildman–Crippen LogP) is 1.52. The van der Waals surface area contributed by atoms with Crippen molar-refractivity contribution in [3.8, 4) is 0 Å². The minimum atomic E-state index is -0.789. The Kier molecular flexibility index (Phi) is 6.11. The van der Waals surface area contributed by atoms with Crippen molar-refractivity contribution >= 4 is 5.97 Å². The van der Waals surface area contributed by atoms with Gasteiger partial charge in [0, 0.05) is 19.6 Å². The lowest BCUT2D eigenvalue weighted by atomic mass is 10.1. The van der Waals surface area contributed by atoms with E-state index in [1.165, 1.54) is 0 Å². The predicted molar refractivity (Wildman–Crippen MR) is 62.5 cm³/mol. The molecule has 92 valence electrons. The molecule has 1 N–H and O–H groups in total. The molecule has 0 spiro atoms. The lowest BCUT2D eigenvalue weighted by molar-refractivity contribution is -0.138. The lowest BCUT2D eigenvalue weighted by Crippen LogP contribution is -2.37. The van der Waals surface area contributed by atoms with Gasteiger partial charge < -0.3 is 14.7 Å².